The molecule has 0 saturated heterocycles. The van der Waals surface area contributed by atoms with Crippen molar-refractivity contribution in [1.82, 2.24) is 9.13 Å². The molecule has 3 aromatic heterocycles. The van der Waals surface area contributed by atoms with Gasteiger partial charge < -0.3 is 9.13 Å². The Labute approximate surface area is 261 Å². The van der Waals surface area contributed by atoms with Gasteiger partial charge in [0.2, 0.25) is 0 Å². The molecule has 11 aromatic rings. The van der Waals surface area contributed by atoms with Crippen LogP contribution in [0.1, 0.15) is 0 Å². The molecule has 0 fully saturated rings. The Balaban J connectivity index is 1.28. The molecule has 0 spiro atoms. The highest BCUT2D eigenvalue weighted by atomic mass is 32.1. The molecule has 0 bridgehead atoms. The molecule has 0 aliphatic carbocycles. The zero-order valence-corrected chi connectivity index (χ0v) is 25.0. The van der Waals surface area contributed by atoms with Crippen molar-refractivity contribution in [1.29, 1.82) is 0 Å². The van der Waals surface area contributed by atoms with Gasteiger partial charge in [-0.15, -0.1) is 11.3 Å². The minimum absolute atomic E-state index is 1.18. The average Bonchev–Trinajstić information content (AvgIpc) is 3.75. The molecule has 45 heavy (non-hydrogen) atoms. The first-order chi connectivity index (χ1) is 22.3. The Morgan fingerprint density at radius 2 is 0.844 bits per heavy atom. The van der Waals surface area contributed by atoms with Gasteiger partial charge in [0.25, 0.3) is 0 Å². The number of aromatic nitrogens is 2. The van der Waals surface area contributed by atoms with E-state index in [1.165, 1.54) is 96.7 Å². The maximum absolute atomic E-state index is 2.48. The SMILES string of the molecule is c1ccc(-n2c3ccccc3c3cc4c(cc32)c2ccccc2n4-c2ccc3c(c2)c2cccc4sc5cccc3c5c42)cc1. The molecule has 0 atom stereocenters. The van der Waals surface area contributed by atoms with Crippen LogP contribution in [0.5, 0.6) is 0 Å². The largest absolute Gasteiger partial charge is 0.309 e. The van der Waals surface area contributed by atoms with Gasteiger partial charge in [-0.25, -0.2) is 0 Å². The number of nitrogens with zero attached hydrogens (tertiary/aromatic N) is 2. The lowest BCUT2D eigenvalue weighted by molar-refractivity contribution is 1.18. The second kappa shape index (κ2) is 8.50. The van der Waals surface area contributed by atoms with Gasteiger partial charge >= 0.3 is 0 Å². The summed E-state index contributed by atoms with van der Waals surface area (Å²) in [5.41, 5.74) is 7.28. The van der Waals surface area contributed by atoms with Crippen molar-refractivity contribution < 1.29 is 0 Å². The normalized spacial score (nSPS) is 12.4. The summed E-state index contributed by atoms with van der Waals surface area (Å²) in [6.45, 7) is 0. The molecule has 0 N–H and O–H groups in total. The maximum Gasteiger partial charge on any atom is 0.0548 e. The lowest BCUT2D eigenvalue weighted by Crippen LogP contribution is -1.95. The summed E-state index contributed by atoms with van der Waals surface area (Å²) in [6.07, 6.45) is 0. The summed E-state index contributed by atoms with van der Waals surface area (Å²) in [7, 11) is 0. The maximum atomic E-state index is 2.48. The summed E-state index contributed by atoms with van der Waals surface area (Å²) >= 11 is 1.90. The van der Waals surface area contributed by atoms with Crippen molar-refractivity contribution in [3.8, 4) is 11.4 Å². The Bertz CT molecular complexity index is 2970. The van der Waals surface area contributed by atoms with Gasteiger partial charge in [0, 0.05) is 53.1 Å². The minimum atomic E-state index is 1.18. The number of benzene rings is 8. The summed E-state index contributed by atoms with van der Waals surface area (Å²) in [6, 6.07) is 53.9. The van der Waals surface area contributed by atoms with Crippen molar-refractivity contribution in [2.24, 2.45) is 0 Å². The van der Waals surface area contributed by atoms with Crippen LogP contribution in [0.3, 0.4) is 0 Å². The van der Waals surface area contributed by atoms with Crippen LogP contribution >= 0.6 is 11.3 Å². The molecular formula is C42H24N2S. The first-order valence-electron chi connectivity index (χ1n) is 15.4. The van der Waals surface area contributed by atoms with Gasteiger partial charge in [0.15, 0.2) is 0 Å². The van der Waals surface area contributed by atoms with Crippen LogP contribution in [0.4, 0.5) is 0 Å². The van der Waals surface area contributed by atoms with Crippen LogP contribution < -0.4 is 0 Å². The third-order valence-corrected chi connectivity index (χ3v) is 11.0. The van der Waals surface area contributed by atoms with Gasteiger partial charge in [-0.3, -0.25) is 0 Å². The second-order valence-electron chi connectivity index (χ2n) is 12.1. The predicted molar refractivity (Wildman–Crippen MR) is 194 cm³/mol. The van der Waals surface area contributed by atoms with E-state index >= 15 is 0 Å². The molecular weight excluding hydrogens is 565 g/mol. The molecule has 0 aliphatic heterocycles. The van der Waals surface area contributed by atoms with Crippen molar-refractivity contribution in [3.05, 3.63) is 146 Å². The lowest BCUT2D eigenvalue weighted by Gasteiger charge is -2.13. The van der Waals surface area contributed by atoms with Crippen LogP contribution in [0.15, 0.2) is 146 Å². The van der Waals surface area contributed by atoms with E-state index in [0.29, 0.717) is 0 Å². The predicted octanol–water partition coefficient (Wildman–Crippen LogP) is 12.0. The molecule has 0 saturated carbocycles. The van der Waals surface area contributed by atoms with Gasteiger partial charge in [0.1, 0.15) is 0 Å². The first kappa shape index (κ1) is 23.8. The molecule has 2 nitrogen and oxygen atoms in total. The highest BCUT2D eigenvalue weighted by Crippen LogP contribution is 2.46. The Hall–Kier alpha value is -5.64. The molecule has 0 aliphatic rings. The van der Waals surface area contributed by atoms with Crippen molar-refractivity contribution in [2.75, 3.05) is 0 Å². The number of hydrogen-bond acceptors (Lipinski definition) is 1. The van der Waals surface area contributed by atoms with Crippen molar-refractivity contribution >= 4 is 96.7 Å². The number of rotatable bonds is 2. The number of thiophene rings is 1. The van der Waals surface area contributed by atoms with Crippen molar-refractivity contribution in [3.63, 3.8) is 0 Å². The van der Waals surface area contributed by atoms with Gasteiger partial charge in [-0.1, -0.05) is 84.9 Å². The molecule has 8 aromatic carbocycles. The highest BCUT2D eigenvalue weighted by molar-refractivity contribution is 7.26. The summed E-state index contributed by atoms with van der Waals surface area (Å²) < 4.78 is 7.61. The Morgan fingerprint density at radius 1 is 0.311 bits per heavy atom. The quantitative estimate of drug-likeness (QED) is 0.178. The average molecular weight is 589 g/mol. The topological polar surface area (TPSA) is 9.86 Å². The molecule has 0 amide bonds. The van der Waals surface area contributed by atoms with Gasteiger partial charge in [0.05, 0.1) is 22.1 Å². The van der Waals surface area contributed by atoms with E-state index in [-0.39, 0.29) is 0 Å². The monoisotopic (exact) mass is 588 g/mol. The summed E-state index contributed by atoms with van der Waals surface area (Å²) in [5.74, 6) is 0. The molecule has 3 heteroatoms. The number of fused-ring (bicyclic) bond motifs is 9. The first-order valence-corrected chi connectivity index (χ1v) is 16.3. The number of hydrogen-bond donors (Lipinski definition) is 0. The second-order valence-corrected chi connectivity index (χ2v) is 13.2. The van der Waals surface area contributed by atoms with E-state index in [9.17, 15) is 0 Å². The van der Waals surface area contributed by atoms with Crippen LogP contribution in [0.2, 0.25) is 0 Å². The smallest absolute Gasteiger partial charge is 0.0548 e. The highest BCUT2D eigenvalue weighted by Gasteiger charge is 2.20. The van der Waals surface area contributed by atoms with E-state index in [1.54, 1.807) is 0 Å². The van der Waals surface area contributed by atoms with Crippen LogP contribution in [-0.2, 0) is 0 Å². The summed E-state index contributed by atoms with van der Waals surface area (Å²) in [4.78, 5) is 0. The Morgan fingerprint density at radius 3 is 1.49 bits per heavy atom. The van der Waals surface area contributed by atoms with Gasteiger partial charge in [-0.05, 0) is 82.2 Å². The molecule has 3 heterocycles. The van der Waals surface area contributed by atoms with Crippen LogP contribution in [0, 0.1) is 0 Å². The zero-order chi connectivity index (χ0) is 29.2. The van der Waals surface area contributed by atoms with E-state index in [4.69, 9.17) is 0 Å². The minimum Gasteiger partial charge on any atom is -0.309 e. The third kappa shape index (κ3) is 3.03. The fourth-order valence-electron chi connectivity index (χ4n) is 8.01. The van der Waals surface area contributed by atoms with Crippen molar-refractivity contribution in [2.45, 2.75) is 0 Å². The van der Waals surface area contributed by atoms with E-state index in [1.807, 2.05) is 11.3 Å². The van der Waals surface area contributed by atoms with E-state index in [2.05, 4.69) is 155 Å². The van der Waals surface area contributed by atoms with Gasteiger partial charge in [-0.2, -0.15) is 0 Å². The lowest BCUT2D eigenvalue weighted by atomic mass is 9.94. The molecule has 0 unspecified atom stereocenters. The Kier molecular flexibility index (Phi) is 4.49. The fraction of sp³-hybridized carbons (Fsp3) is 0. The molecule has 11 rings (SSSR count). The molecule has 0 radical (unpaired) electrons. The summed E-state index contributed by atoms with van der Waals surface area (Å²) in [5, 5.41) is 13.2. The van der Waals surface area contributed by atoms with E-state index < -0.39 is 0 Å². The zero-order valence-electron chi connectivity index (χ0n) is 24.2. The van der Waals surface area contributed by atoms with Crippen LogP contribution in [-0.4, -0.2) is 9.13 Å². The molecule has 208 valence electrons. The number of para-hydroxylation sites is 3. The van der Waals surface area contributed by atoms with Crippen LogP contribution in [0.25, 0.3) is 96.7 Å². The van der Waals surface area contributed by atoms with E-state index in [0.717, 1.165) is 0 Å². The fourth-order valence-corrected chi connectivity index (χ4v) is 9.17. The standard InChI is InChI=1S/C42H24N2S/c1-2-10-25(11-3-1)43-35-16-6-4-12-28(35)33-24-38-34(23-37(33)43)29-13-5-7-17-36(29)44(38)26-20-21-27-30-14-8-18-39-41(30)42-31(32(27)22-26)15-9-19-40(42)45-39/h1-24H. The third-order valence-electron chi connectivity index (χ3n) is 9.84.